The van der Waals surface area contributed by atoms with E-state index >= 15 is 0 Å². The molecule has 80 valence electrons. The fourth-order valence-electron chi connectivity index (χ4n) is 1.10. The molecule has 0 aliphatic carbocycles. The van der Waals surface area contributed by atoms with Crippen LogP contribution in [0.25, 0.3) is 0 Å². The minimum atomic E-state index is -0.225. The van der Waals surface area contributed by atoms with Crippen LogP contribution in [-0.4, -0.2) is 33.9 Å². The zero-order chi connectivity index (χ0) is 10.6. The fraction of sp³-hybridized carbons (Fsp3) is 0.667. The molecule has 1 nitrogen and oxygen atoms in total. The first-order valence-electron chi connectivity index (χ1n) is 4.24. The highest BCUT2D eigenvalue weighted by Gasteiger charge is 2.36. The molecule has 0 spiro atoms. The van der Waals surface area contributed by atoms with Crippen LogP contribution < -0.4 is 0 Å². The Labute approximate surface area is 103 Å². The third-order valence-electron chi connectivity index (χ3n) is 1.94. The standard InChI is InChI=1S/C9H14OS4/c1-9(13-4-5-14-9)7(10)6-8(11-2)12-3/h6H,4-5H2,1-3H3. The van der Waals surface area contributed by atoms with Crippen LogP contribution >= 0.6 is 47.0 Å². The van der Waals surface area contributed by atoms with Crippen molar-refractivity contribution < 1.29 is 4.79 Å². The molecule has 14 heavy (non-hydrogen) atoms. The Morgan fingerprint density at radius 1 is 1.29 bits per heavy atom. The van der Waals surface area contributed by atoms with Crippen LogP contribution in [0, 0.1) is 0 Å². The van der Waals surface area contributed by atoms with E-state index in [2.05, 4.69) is 0 Å². The van der Waals surface area contributed by atoms with E-state index in [1.165, 1.54) is 0 Å². The topological polar surface area (TPSA) is 17.1 Å². The molecule has 1 heterocycles. The summed E-state index contributed by atoms with van der Waals surface area (Å²) in [5.41, 5.74) is 0. The third-order valence-corrected chi connectivity index (χ3v) is 7.26. The number of hydrogen-bond donors (Lipinski definition) is 0. The zero-order valence-corrected chi connectivity index (χ0v) is 11.8. The van der Waals surface area contributed by atoms with Crippen molar-refractivity contribution in [2.75, 3.05) is 24.0 Å². The van der Waals surface area contributed by atoms with Gasteiger partial charge >= 0.3 is 0 Å². The first kappa shape index (κ1) is 12.9. The van der Waals surface area contributed by atoms with Crippen molar-refractivity contribution >= 4 is 52.8 Å². The molecule has 0 radical (unpaired) electrons. The maximum atomic E-state index is 12.0. The van der Waals surface area contributed by atoms with E-state index in [4.69, 9.17) is 0 Å². The summed E-state index contributed by atoms with van der Waals surface area (Å²) in [5.74, 6) is 2.44. The molecule has 0 atom stereocenters. The van der Waals surface area contributed by atoms with E-state index in [9.17, 15) is 4.79 Å². The molecule has 1 aliphatic rings. The first-order valence-corrected chi connectivity index (χ1v) is 8.66. The van der Waals surface area contributed by atoms with Gasteiger partial charge in [-0.25, -0.2) is 0 Å². The van der Waals surface area contributed by atoms with Gasteiger partial charge in [-0.1, -0.05) is 0 Å². The number of rotatable bonds is 4. The summed E-state index contributed by atoms with van der Waals surface area (Å²) >= 11 is 6.81. The Hall–Kier alpha value is 0.810. The largest absolute Gasteiger partial charge is 0.292 e. The van der Waals surface area contributed by atoms with Crippen LogP contribution in [0.1, 0.15) is 6.92 Å². The average Bonchev–Trinajstić information content (AvgIpc) is 2.62. The molecule has 0 amide bonds. The average molecular weight is 266 g/mol. The molecule has 0 bridgehead atoms. The summed E-state index contributed by atoms with van der Waals surface area (Å²) in [6.07, 6.45) is 5.81. The Morgan fingerprint density at radius 3 is 2.21 bits per heavy atom. The van der Waals surface area contributed by atoms with Crippen molar-refractivity contribution in [1.82, 2.24) is 0 Å². The zero-order valence-electron chi connectivity index (χ0n) is 8.53. The van der Waals surface area contributed by atoms with E-state index in [-0.39, 0.29) is 9.86 Å². The lowest BCUT2D eigenvalue weighted by molar-refractivity contribution is -0.114. The molecule has 0 aromatic carbocycles. The minimum Gasteiger partial charge on any atom is -0.292 e. The van der Waals surface area contributed by atoms with E-state index in [0.717, 1.165) is 15.7 Å². The lowest BCUT2D eigenvalue weighted by atomic mass is 10.3. The highest BCUT2D eigenvalue weighted by molar-refractivity contribution is 8.22. The van der Waals surface area contributed by atoms with Crippen LogP contribution in [0.2, 0.25) is 0 Å². The molecule has 0 aromatic rings. The Morgan fingerprint density at radius 2 is 1.79 bits per heavy atom. The maximum absolute atomic E-state index is 12.0. The van der Waals surface area contributed by atoms with Crippen LogP contribution in [-0.2, 0) is 4.79 Å². The van der Waals surface area contributed by atoms with E-state index in [1.807, 2.05) is 19.4 Å². The minimum absolute atomic E-state index is 0.225. The molecule has 1 fully saturated rings. The summed E-state index contributed by atoms with van der Waals surface area (Å²) in [7, 11) is 0. The molecule has 0 unspecified atom stereocenters. The van der Waals surface area contributed by atoms with Gasteiger partial charge < -0.3 is 0 Å². The number of carbonyl (C=O) groups excluding carboxylic acids is 1. The lowest BCUT2D eigenvalue weighted by Crippen LogP contribution is -2.23. The van der Waals surface area contributed by atoms with E-state index in [1.54, 1.807) is 53.1 Å². The van der Waals surface area contributed by atoms with Crippen molar-refractivity contribution in [3.05, 3.63) is 10.3 Å². The van der Waals surface area contributed by atoms with Crippen molar-refractivity contribution in [2.24, 2.45) is 0 Å². The normalized spacial score (nSPS) is 19.4. The molecular formula is C9H14OS4. The van der Waals surface area contributed by atoms with Gasteiger partial charge in [0.05, 0.1) is 0 Å². The predicted octanol–water partition coefficient (Wildman–Crippen LogP) is 3.32. The second kappa shape index (κ2) is 5.77. The van der Waals surface area contributed by atoms with E-state index < -0.39 is 0 Å². The van der Waals surface area contributed by atoms with Gasteiger partial charge in [-0.2, -0.15) is 0 Å². The van der Waals surface area contributed by atoms with Crippen molar-refractivity contribution in [3.63, 3.8) is 0 Å². The molecule has 1 saturated heterocycles. The SMILES string of the molecule is CSC(=CC(=O)C1(C)SCCS1)SC. The summed E-state index contributed by atoms with van der Waals surface area (Å²) < 4.78 is 0.876. The van der Waals surface area contributed by atoms with Gasteiger partial charge in [-0.3, -0.25) is 4.79 Å². The highest BCUT2D eigenvalue weighted by atomic mass is 32.2. The smallest absolute Gasteiger partial charge is 0.183 e. The Bertz CT molecular complexity index is 237. The number of ketones is 1. The van der Waals surface area contributed by atoms with Crippen LogP contribution in [0.15, 0.2) is 10.3 Å². The molecule has 1 rings (SSSR count). The van der Waals surface area contributed by atoms with Gasteiger partial charge in [-0.05, 0) is 19.4 Å². The predicted molar refractivity (Wildman–Crippen MR) is 73.4 cm³/mol. The van der Waals surface area contributed by atoms with Crippen molar-refractivity contribution in [3.8, 4) is 0 Å². The Kier molecular flexibility index (Phi) is 5.31. The van der Waals surface area contributed by atoms with Gasteiger partial charge in [0.1, 0.15) is 4.08 Å². The third kappa shape index (κ3) is 3.15. The van der Waals surface area contributed by atoms with Crippen molar-refractivity contribution in [1.29, 1.82) is 0 Å². The second-order valence-corrected chi connectivity index (χ2v) is 8.12. The molecule has 0 saturated carbocycles. The number of hydrogen-bond acceptors (Lipinski definition) is 5. The summed E-state index contributed by atoms with van der Waals surface area (Å²) in [4.78, 5) is 12.0. The molecule has 1 aliphatic heterocycles. The summed E-state index contributed by atoms with van der Waals surface area (Å²) in [5, 5.41) is 0. The Balaban J connectivity index is 2.69. The monoisotopic (exact) mass is 266 g/mol. The molecular weight excluding hydrogens is 252 g/mol. The van der Waals surface area contributed by atoms with Crippen LogP contribution in [0.5, 0.6) is 0 Å². The van der Waals surface area contributed by atoms with E-state index in [0.29, 0.717) is 0 Å². The maximum Gasteiger partial charge on any atom is 0.183 e. The van der Waals surface area contributed by atoms with Crippen molar-refractivity contribution in [2.45, 2.75) is 11.0 Å². The van der Waals surface area contributed by atoms with Gasteiger partial charge in [0.2, 0.25) is 0 Å². The lowest BCUT2D eigenvalue weighted by Gasteiger charge is -2.17. The quantitative estimate of drug-likeness (QED) is 0.724. The number of thioether (sulfide) groups is 4. The van der Waals surface area contributed by atoms with Crippen LogP contribution in [0.4, 0.5) is 0 Å². The molecule has 0 aromatic heterocycles. The molecule has 5 heteroatoms. The number of allylic oxidation sites excluding steroid dienone is 1. The first-order chi connectivity index (χ1) is 6.62. The van der Waals surface area contributed by atoms with Gasteiger partial charge in [0.15, 0.2) is 5.78 Å². The van der Waals surface area contributed by atoms with Gasteiger partial charge in [0, 0.05) is 21.8 Å². The number of carbonyl (C=O) groups is 1. The van der Waals surface area contributed by atoms with Gasteiger partial charge in [0.25, 0.3) is 0 Å². The fourth-order valence-corrected chi connectivity index (χ4v) is 4.89. The van der Waals surface area contributed by atoms with Gasteiger partial charge in [-0.15, -0.1) is 47.0 Å². The second-order valence-electron chi connectivity index (χ2n) is 2.88. The molecule has 0 N–H and O–H groups in total. The highest BCUT2D eigenvalue weighted by Crippen LogP contribution is 2.45. The summed E-state index contributed by atoms with van der Waals surface area (Å²) in [6.45, 7) is 2.03. The summed E-state index contributed by atoms with van der Waals surface area (Å²) in [6, 6.07) is 0. The van der Waals surface area contributed by atoms with Crippen LogP contribution in [0.3, 0.4) is 0 Å².